The summed E-state index contributed by atoms with van der Waals surface area (Å²) in [5.74, 6) is 0.545. The van der Waals surface area contributed by atoms with Gasteiger partial charge in [-0.3, -0.25) is 4.68 Å². The number of carbonyl (C=O) groups is 1. The second-order valence-corrected chi connectivity index (χ2v) is 4.97. The molecule has 0 bridgehead atoms. The minimum Gasteiger partial charge on any atom is -0.300 e. The Morgan fingerprint density at radius 3 is 2.59 bits per heavy atom. The van der Waals surface area contributed by atoms with E-state index >= 15 is 0 Å². The highest BCUT2D eigenvalue weighted by atomic mass is 35.5. The van der Waals surface area contributed by atoms with Crippen molar-refractivity contribution in [2.45, 2.75) is 53.5 Å². The predicted molar refractivity (Wildman–Crippen MR) is 70.5 cm³/mol. The van der Waals surface area contributed by atoms with Crippen LogP contribution in [-0.4, -0.2) is 15.6 Å². The lowest BCUT2D eigenvalue weighted by atomic mass is 9.99. The molecule has 1 heterocycles. The fourth-order valence-electron chi connectivity index (χ4n) is 2.11. The molecule has 1 unspecified atom stereocenters. The van der Waals surface area contributed by atoms with Gasteiger partial charge in [0.1, 0.15) is 5.78 Å². The number of hydrogen-bond acceptors (Lipinski definition) is 2. The Morgan fingerprint density at radius 2 is 2.12 bits per heavy atom. The van der Waals surface area contributed by atoms with Gasteiger partial charge in [0.2, 0.25) is 0 Å². The van der Waals surface area contributed by atoms with Gasteiger partial charge in [0.25, 0.3) is 0 Å². The van der Waals surface area contributed by atoms with Gasteiger partial charge in [0.05, 0.1) is 16.4 Å². The smallest absolute Gasteiger partial charge is 0.130 e. The summed E-state index contributed by atoms with van der Waals surface area (Å²) in [6.07, 6.45) is 2.27. The molecule has 0 spiro atoms. The molecular formula is C13H21ClN2O. The first-order valence-electron chi connectivity index (χ1n) is 6.23. The van der Waals surface area contributed by atoms with E-state index in [1.807, 2.05) is 4.68 Å². The van der Waals surface area contributed by atoms with E-state index in [1.165, 1.54) is 0 Å². The van der Waals surface area contributed by atoms with Crippen LogP contribution in [0.3, 0.4) is 0 Å². The highest BCUT2D eigenvalue weighted by Gasteiger charge is 2.17. The Kier molecular flexibility index (Phi) is 5.19. The van der Waals surface area contributed by atoms with Crippen molar-refractivity contribution in [3.05, 3.63) is 16.4 Å². The summed E-state index contributed by atoms with van der Waals surface area (Å²) in [6.45, 7) is 8.64. The molecule has 1 atom stereocenters. The third-order valence-corrected chi connectivity index (χ3v) is 3.31. The maximum atomic E-state index is 11.1. The average molecular weight is 257 g/mol. The molecule has 17 heavy (non-hydrogen) atoms. The summed E-state index contributed by atoms with van der Waals surface area (Å²) < 4.78 is 1.96. The van der Waals surface area contributed by atoms with Crippen LogP contribution < -0.4 is 0 Å². The highest BCUT2D eigenvalue weighted by molar-refractivity contribution is 6.31. The number of Topliss-reactive ketones (excluding diaryl/α,β-unsaturated/α-hetero) is 1. The average Bonchev–Trinajstić information content (AvgIpc) is 2.55. The third-order valence-electron chi connectivity index (χ3n) is 2.87. The SMILES string of the molecule is CCc1nn(CC)c(CC(C)CC(C)=O)c1Cl. The second-order valence-electron chi connectivity index (χ2n) is 4.59. The lowest BCUT2D eigenvalue weighted by Crippen LogP contribution is -2.10. The number of aryl methyl sites for hydroxylation is 2. The minimum atomic E-state index is 0.229. The van der Waals surface area contributed by atoms with Gasteiger partial charge in [-0.2, -0.15) is 5.10 Å². The van der Waals surface area contributed by atoms with Crippen LogP contribution in [-0.2, 0) is 24.2 Å². The van der Waals surface area contributed by atoms with Gasteiger partial charge in [-0.15, -0.1) is 0 Å². The van der Waals surface area contributed by atoms with Crippen molar-refractivity contribution in [3.8, 4) is 0 Å². The molecule has 1 aromatic heterocycles. The molecule has 96 valence electrons. The lowest BCUT2D eigenvalue weighted by Gasteiger charge is -2.11. The van der Waals surface area contributed by atoms with E-state index in [-0.39, 0.29) is 5.78 Å². The Balaban J connectivity index is 2.88. The number of aromatic nitrogens is 2. The van der Waals surface area contributed by atoms with E-state index in [2.05, 4.69) is 25.9 Å². The monoisotopic (exact) mass is 256 g/mol. The Bertz CT molecular complexity index is 398. The molecule has 3 nitrogen and oxygen atoms in total. The quantitative estimate of drug-likeness (QED) is 0.783. The van der Waals surface area contributed by atoms with Crippen LogP contribution in [0, 0.1) is 5.92 Å². The standard InChI is InChI=1S/C13H21ClN2O/c1-5-11-13(14)12(16(6-2)15-11)8-9(3)7-10(4)17/h9H,5-8H2,1-4H3. The Labute approximate surface area is 108 Å². The first-order chi connectivity index (χ1) is 7.99. The summed E-state index contributed by atoms with van der Waals surface area (Å²) in [7, 11) is 0. The molecule has 0 fully saturated rings. The molecule has 0 saturated heterocycles. The van der Waals surface area contributed by atoms with Crippen molar-refractivity contribution >= 4 is 17.4 Å². The summed E-state index contributed by atoms with van der Waals surface area (Å²) in [5, 5.41) is 5.26. The van der Waals surface area contributed by atoms with Crippen molar-refractivity contribution in [3.63, 3.8) is 0 Å². The molecule has 0 amide bonds. The van der Waals surface area contributed by atoms with Gasteiger partial charge in [-0.05, 0) is 32.6 Å². The molecule has 0 radical (unpaired) electrons. The van der Waals surface area contributed by atoms with E-state index in [0.717, 1.165) is 35.8 Å². The van der Waals surface area contributed by atoms with Gasteiger partial charge < -0.3 is 4.79 Å². The van der Waals surface area contributed by atoms with Crippen LogP contribution in [0.2, 0.25) is 5.02 Å². The van der Waals surface area contributed by atoms with Gasteiger partial charge >= 0.3 is 0 Å². The van der Waals surface area contributed by atoms with E-state index < -0.39 is 0 Å². The summed E-state index contributed by atoms with van der Waals surface area (Å²) in [4.78, 5) is 11.1. The molecule has 0 aliphatic carbocycles. The van der Waals surface area contributed by atoms with Crippen molar-refractivity contribution in [2.24, 2.45) is 5.92 Å². The van der Waals surface area contributed by atoms with Gasteiger partial charge in [0.15, 0.2) is 0 Å². The maximum Gasteiger partial charge on any atom is 0.130 e. The number of ketones is 1. The second kappa shape index (κ2) is 6.20. The molecule has 0 saturated carbocycles. The molecule has 0 aliphatic heterocycles. The number of hydrogen-bond donors (Lipinski definition) is 0. The summed E-state index contributed by atoms with van der Waals surface area (Å²) in [6, 6.07) is 0. The topological polar surface area (TPSA) is 34.9 Å². The summed E-state index contributed by atoms with van der Waals surface area (Å²) >= 11 is 6.32. The van der Waals surface area contributed by atoms with Crippen LogP contribution >= 0.6 is 11.6 Å². The van der Waals surface area contributed by atoms with Crippen LogP contribution in [0.5, 0.6) is 0 Å². The minimum absolute atomic E-state index is 0.229. The summed E-state index contributed by atoms with van der Waals surface area (Å²) in [5.41, 5.74) is 2.03. The van der Waals surface area contributed by atoms with Crippen LogP contribution in [0.1, 0.15) is 45.5 Å². The number of halogens is 1. The number of nitrogens with zero attached hydrogens (tertiary/aromatic N) is 2. The molecular weight excluding hydrogens is 236 g/mol. The first kappa shape index (κ1) is 14.2. The van der Waals surface area contributed by atoms with Crippen molar-refractivity contribution < 1.29 is 4.79 Å². The van der Waals surface area contributed by atoms with Gasteiger partial charge in [-0.25, -0.2) is 0 Å². The Hall–Kier alpha value is -0.830. The van der Waals surface area contributed by atoms with Crippen molar-refractivity contribution in [1.82, 2.24) is 9.78 Å². The van der Waals surface area contributed by atoms with Crippen LogP contribution in [0.25, 0.3) is 0 Å². The highest BCUT2D eigenvalue weighted by Crippen LogP contribution is 2.25. The maximum absolute atomic E-state index is 11.1. The van der Waals surface area contributed by atoms with Gasteiger partial charge in [-0.1, -0.05) is 25.4 Å². The molecule has 4 heteroatoms. The normalized spacial score (nSPS) is 12.8. The largest absolute Gasteiger partial charge is 0.300 e. The van der Waals surface area contributed by atoms with Crippen LogP contribution in [0.4, 0.5) is 0 Å². The molecule has 0 N–H and O–H groups in total. The van der Waals surface area contributed by atoms with E-state index in [9.17, 15) is 4.79 Å². The van der Waals surface area contributed by atoms with E-state index in [0.29, 0.717) is 12.3 Å². The fraction of sp³-hybridized carbons (Fsp3) is 0.692. The van der Waals surface area contributed by atoms with E-state index in [1.54, 1.807) is 6.92 Å². The van der Waals surface area contributed by atoms with Crippen molar-refractivity contribution in [1.29, 1.82) is 0 Å². The zero-order valence-corrected chi connectivity index (χ0v) is 11.8. The zero-order chi connectivity index (χ0) is 13.0. The van der Waals surface area contributed by atoms with Crippen molar-refractivity contribution in [2.75, 3.05) is 0 Å². The predicted octanol–water partition coefficient (Wildman–Crippen LogP) is 3.28. The molecule has 0 aliphatic rings. The molecule has 1 rings (SSSR count). The van der Waals surface area contributed by atoms with Gasteiger partial charge in [0, 0.05) is 13.0 Å². The van der Waals surface area contributed by atoms with Crippen LogP contribution in [0.15, 0.2) is 0 Å². The number of carbonyl (C=O) groups excluding carboxylic acids is 1. The third kappa shape index (κ3) is 3.56. The molecule has 1 aromatic rings. The fourth-order valence-corrected chi connectivity index (χ4v) is 2.45. The zero-order valence-electron chi connectivity index (χ0n) is 11.1. The lowest BCUT2D eigenvalue weighted by molar-refractivity contribution is -0.117. The number of rotatable bonds is 6. The Morgan fingerprint density at radius 1 is 1.47 bits per heavy atom. The molecule has 0 aromatic carbocycles. The first-order valence-corrected chi connectivity index (χ1v) is 6.60. The van der Waals surface area contributed by atoms with E-state index in [4.69, 9.17) is 11.6 Å².